The molecule has 0 spiro atoms. The van der Waals surface area contributed by atoms with Crippen molar-refractivity contribution in [3.05, 3.63) is 29.3 Å². The zero-order chi connectivity index (χ0) is 11.3. The standard InChI is InChI=1S/C11H13ClNO2/c1-8(2)7-15-11(14)13-10-5-3-4-9(12)6-10/h4-6,8H,7H2,1-2H3,(H,13,14). The van der Waals surface area contributed by atoms with E-state index in [1.165, 1.54) is 0 Å². The number of carbonyl (C=O) groups is 1. The molecule has 0 saturated heterocycles. The van der Waals surface area contributed by atoms with E-state index in [1.807, 2.05) is 13.8 Å². The Morgan fingerprint density at radius 1 is 1.60 bits per heavy atom. The van der Waals surface area contributed by atoms with Gasteiger partial charge in [0.05, 0.1) is 6.61 Å². The molecule has 0 atom stereocenters. The molecule has 1 radical (unpaired) electrons. The van der Waals surface area contributed by atoms with Crippen LogP contribution in [0.5, 0.6) is 0 Å². The van der Waals surface area contributed by atoms with Crippen LogP contribution in [0.15, 0.2) is 18.2 Å². The molecular formula is C11H13ClNO2. The van der Waals surface area contributed by atoms with Crippen molar-refractivity contribution in [2.75, 3.05) is 11.9 Å². The lowest BCUT2D eigenvalue weighted by Crippen LogP contribution is -2.16. The van der Waals surface area contributed by atoms with Gasteiger partial charge in [0.15, 0.2) is 0 Å². The number of halogens is 1. The maximum atomic E-state index is 11.2. The van der Waals surface area contributed by atoms with Crippen molar-refractivity contribution < 1.29 is 9.53 Å². The maximum Gasteiger partial charge on any atom is 0.411 e. The molecule has 81 valence electrons. The largest absolute Gasteiger partial charge is 0.449 e. The van der Waals surface area contributed by atoms with Crippen LogP contribution in [0.1, 0.15) is 13.8 Å². The van der Waals surface area contributed by atoms with Gasteiger partial charge in [0.25, 0.3) is 0 Å². The third kappa shape index (κ3) is 4.70. The second-order valence-corrected chi connectivity index (χ2v) is 3.99. The Balaban J connectivity index is 2.44. The first-order valence-electron chi connectivity index (χ1n) is 4.68. The predicted molar refractivity (Wildman–Crippen MR) is 60.1 cm³/mol. The highest BCUT2D eigenvalue weighted by molar-refractivity contribution is 6.30. The number of amides is 1. The van der Waals surface area contributed by atoms with Crippen molar-refractivity contribution in [2.24, 2.45) is 5.92 Å². The van der Waals surface area contributed by atoms with Gasteiger partial charge in [0, 0.05) is 10.7 Å². The highest BCUT2D eigenvalue weighted by atomic mass is 35.5. The number of benzene rings is 1. The van der Waals surface area contributed by atoms with Gasteiger partial charge in [-0.25, -0.2) is 4.79 Å². The Kier molecular flexibility index (Phi) is 4.43. The Morgan fingerprint density at radius 2 is 2.33 bits per heavy atom. The summed E-state index contributed by atoms with van der Waals surface area (Å²) in [5, 5.41) is 3.09. The molecule has 0 aromatic heterocycles. The van der Waals surface area contributed by atoms with Gasteiger partial charge >= 0.3 is 6.09 Å². The molecule has 1 aromatic rings. The van der Waals surface area contributed by atoms with E-state index in [2.05, 4.69) is 11.4 Å². The van der Waals surface area contributed by atoms with Crippen molar-refractivity contribution >= 4 is 23.4 Å². The molecule has 15 heavy (non-hydrogen) atoms. The van der Waals surface area contributed by atoms with Crippen LogP contribution >= 0.6 is 11.6 Å². The zero-order valence-electron chi connectivity index (χ0n) is 8.71. The highest BCUT2D eigenvalue weighted by Gasteiger charge is 2.04. The summed E-state index contributed by atoms with van der Waals surface area (Å²) in [6.45, 7) is 4.34. The number of anilines is 1. The van der Waals surface area contributed by atoms with E-state index in [4.69, 9.17) is 16.3 Å². The smallest absolute Gasteiger partial charge is 0.411 e. The van der Waals surface area contributed by atoms with E-state index in [-0.39, 0.29) is 0 Å². The van der Waals surface area contributed by atoms with Crippen LogP contribution in [0.3, 0.4) is 0 Å². The van der Waals surface area contributed by atoms with Crippen LogP contribution in [-0.4, -0.2) is 12.7 Å². The molecule has 1 N–H and O–H groups in total. The van der Waals surface area contributed by atoms with Crippen LogP contribution in [0.4, 0.5) is 10.5 Å². The van der Waals surface area contributed by atoms with Gasteiger partial charge in [-0.2, -0.15) is 0 Å². The quantitative estimate of drug-likeness (QED) is 0.859. The summed E-state index contributed by atoms with van der Waals surface area (Å²) in [6, 6.07) is 7.68. The minimum Gasteiger partial charge on any atom is -0.449 e. The van der Waals surface area contributed by atoms with Gasteiger partial charge in [-0.1, -0.05) is 25.4 Å². The van der Waals surface area contributed by atoms with E-state index in [0.29, 0.717) is 23.2 Å². The van der Waals surface area contributed by atoms with Gasteiger partial charge in [0.2, 0.25) is 0 Å². The Hall–Kier alpha value is -1.22. The molecule has 0 aliphatic carbocycles. The first kappa shape index (κ1) is 11.9. The summed E-state index contributed by atoms with van der Waals surface area (Å²) in [5.41, 5.74) is 0.580. The fraction of sp³-hybridized carbons (Fsp3) is 0.364. The zero-order valence-corrected chi connectivity index (χ0v) is 9.47. The molecule has 0 heterocycles. The number of ether oxygens (including phenoxy) is 1. The van der Waals surface area contributed by atoms with Crippen molar-refractivity contribution in [1.82, 2.24) is 0 Å². The average Bonchev–Trinajstić information content (AvgIpc) is 2.15. The lowest BCUT2D eigenvalue weighted by atomic mass is 10.2. The summed E-state index contributed by atoms with van der Waals surface area (Å²) >= 11 is 5.73. The predicted octanol–water partition coefficient (Wildman–Crippen LogP) is 3.34. The monoisotopic (exact) mass is 226 g/mol. The van der Waals surface area contributed by atoms with E-state index >= 15 is 0 Å². The third-order valence-corrected chi connectivity index (χ3v) is 1.77. The highest BCUT2D eigenvalue weighted by Crippen LogP contribution is 2.14. The average molecular weight is 227 g/mol. The Morgan fingerprint density at radius 3 is 2.93 bits per heavy atom. The second-order valence-electron chi connectivity index (χ2n) is 3.56. The first-order valence-corrected chi connectivity index (χ1v) is 5.06. The fourth-order valence-electron chi connectivity index (χ4n) is 0.911. The molecule has 1 aromatic carbocycles. The number of hydrogen-bond acceptors (Lipinski definition) is 2. The fourth-order valence-corrected chi connectivity index (χ4v) is 1.09. The van der Waals surface area contributed by atoms with Crippen LogP contribution < -0.4 is 5.32 Å². The molecule has 4 heteroatoms. The summed E-state index contributed by atoms with van der Waals surface area (Å²) in [5.74, 6) is 0.321. The number of hydrogen-bond donors (Lipinski definition) is 1. The lowest BCUT2D eigenvalue weighted by molar-refractivity contribution is 0.147. The summed E-state index contributed by atoms with van der Waals surface area (Å²) in [4.78, 5) is 11.2. The van der Waals surface area contributed by atoms with Gasteiger partial charge in [-0.3, -0.25) is 5.32 Å². The van der Waals surface area contributed by atoms with Crippen molar-refractivity contribution in [1.29, 1.82) is 0 Å². The lowest BCUT2D eigenvalue weighted by Gasteiger charge is -2.08. The van der Waals surface area contributed by atoms with Crippen LogP contribution in [-0.2, 0) is 4.74 Å². The van der Waals surface area contributed by atoms with E-state index < -0.39 is 6.09 Å². The molecule has 0 saturated carbocycles. The van der Waals surface area contributed by atoms with Crippen LogP contribution in [0, 0.1) is 12.0 Å². The number of nitrogens with one attached hydrogen (secondary N) is 1. The summed E-state index contributed by atoms with van der Waals surface area (Å²) in [7, 11) is 0. The van der Waals surface area contributed by atoms with Gasteiger partial charge in [-0.15, -0.1) is 0 Å². The Bertz CT molecular complexity index is 339. The maximum absolute atomic E-state index is 11.2. The molecule has 1 amide bonds. The van der Waals surface area contributed by atoms with Gasteiger partial charge in [-0.05, 0) is 30.2 Å². The van der Waals surface area contributed by atoms with Crippen LogP contribution in [0.2, 0.25) is 5.02 Å². The SMILES string of the molecule is CC(C)COC(=O)Nc1c[c]cc(Cl)c1. The number of carbonyl (C=O) groups excluding carboxylic acids is 1. The van der Waals surface area contributed by atoms with Crippen molar-refractivity contribution in [2.45, 2.75) is 13.8 Å². The molecule has 0 fully saturated rings. The molecule has 0 aliphatic rings. The molecule has 0 unspecified atom stereocenters. The van der Waals surface area contributed by atoms with Crippen molar-refractivity contribution in [3.63, 3.8) is 0 Å². The molecule has 0 bridgehead atoms. The molecule has 1 rings (SSSR count). The minimum atomic E-state index is -0.473. The van der Waals surface area contributed by atoms with Crippen LogP contribution in [0.25, 0.3) is 0 Å². The van der Waals surface area contributed by atoms with E-state index in [0.717, 1.165) is 0 Å². The van der Waals surface area contributed by atoms with Crippen molar-refractivity contribution in [3.8, 4) is 0 Å². The minimum absolute atomic E-state index is 0.321. The van der Waals surface area contributed by atoms with E-state index in [9.17, 15) is 4.79 Å². The summed E-state index contributed by atoms with van der Waals surface area (Å²) in [6.07, 6.45) is -0.473. The Labute approximate surface area is 94.4 Å². The molecular weight excluding hydrogens is 214 g/mol. The van der Waals surface area contributed by atoms with Gasteiger partial charge < -0.3 is 4.74 Å². The third-order valence-electron chi connectivity index (χ3n) is 1.55. The second kappa shape index (κ2) is 5.61. The summed E-state index contributed by atoms with van der Waals surface area (Å²) < 4.78 is 4.94. The van der Waals surface area contributed by atoms with E-state index in [1.54, 1.807) is 18.2 Å². The molecule has 3 nitrogen and oxygen atoms in total. The molecule has 0 aliphatic heterocycles. The normalized spacial score (nSPS) is 10.1. The first-order chi connectivity index (χ1) is 7.08. The topological polar surface area (TPSA) is 38.3 Å². The number of rotatable bonds is 3. The van der Waals surface area contributed by atoms with Gasteiger partial charge in [0.1, 0.15) is 0 Å².